The summed E-state index contributed by atoms with van der Waals surface area (Å²) in [5.41, 5.74) is 12.6. The van der Waals surface area contributed by atoms with Crippen molar-refractivity contribution >= 4 is 27.4 Å². The van der Waals surface area contributed by atoms with Crippen molar-refractivity contribution in [2.75, 3.05) is 13.3 Å². The number of rotatable bonds is 0. The quantitative estimate of drug-likeness (QED) is 0.478. The molecule has 0 saturated carbocycles. The molecule has 0 spiro atoms. The summed E-state index contributed by atoms with van der Waals surface area (Å²) in [7, 11) is -0.0889. The molecular weight excluding hydrogens is 479 g/mol. The Hall–Kier alpha value is -0.477. The molecule has 2 aromatic rings. The SMILES string of the molecule is Cc1ccc(C)c2c1C=C1[CH]2[Zr+2][CH]2C(=Cc3c(C)ccc(C)c32)P(C)P1C.[F-].[F-]. The van der Waals surface area contributed by atoms with Gasteiger partial charge in [-0.15, -0.1) is 0 Å². The van der Waals surface area contributed by atoms with E-state index in [0.717, 1.165) is 7.25 Å². The third-order valence-electron chi connectivity index (χ3n) is 6.73. The van der Waals surface area contributed by atoms with Gasteiger partial charge in [-0.05, 0) is 0 Å². The predicted octanol–water partition coefficient (Wildman–Crippen LogP) is 1.65. The molecule has 5 rings (SSSR count). The molecule has 0 amide bonds. The van der Waals surface area contributed by atoms with Gasteiger partial charge in [-0.25, -0.2) is 0 Å². The number of hydrogen-bond acceptors (Lipinski definition) is 0. The second-order valence-electron chi connectivity index (χ2n) is 8.27. The molecular formula is C24H26F2P2Zr. The number of hydrogen-bond donors (Lipinski definition) is 0. The van der Waals surface area contributed by atoms with Crippen molar-refractivity contribution in [1.29, 1.82) is 0 Å². The monoisotopic (exact) mass is 504 g/mol. The standard InChI is InChI=1S/C24H26P2.2FH.Zr/c1-15-7-8-16(2)22-12-19(11-21(15)22)25(5)26(6)20-13-23-17(3)9-10-18(4)24(23)14-20;;;/h7-14H,1-6H3;2*1H;/q;;;+2/p-2. The zero-order valence-electron chi connectivity index (χ0n) is 17.8. The maximum absolute atomic E-state index is 2.64. The fraction of sp³-hybridized carbons (Fsp3) is 0.333. The van der Waals surface area contributed by atoms with E-state index >= 15 is 0 Å². The van der Waals surface area contributed by atoms with Crippen LogP contribution in [0.3, 0.4) is 0 Å². The largest absolute Gasteiger partial charge is 1.00 e. The molecule has 1 saturated heterocycles. The second-order valence-corrected chi connectivity index (χ2v) is 18.7. The van der Waals surface area contributed by atoms with Gasteiger partial charge in [-0.1, -0.05) is 0 Å². The molecule has 29 heavy (non-hydrogen) atoms. The van der Waals surface area contributed by atoms with Gasteiger partial charge in [0.05, 0.1) is 0 Å². The molecule has 1 fully saturated rings. The molecule has 0 aromatic heterocycles. The Balaban J connectivity index is 0.00000120. The van der Waals surface area contributed by atoms with Crippen LogP contribution in [0.15, 0.2) is 34.9 Å². The fourth-order valence-corrected chi connectivity index (χ4v) is 20.6. The number of aryl methyl sites for hydroxylation is 4. The first-order chi connectivity index (χ1) is 12.9. The smallest absolute Gasteiger partial charge is 1.00 e. The molecule has 1 heterocycles. The third kappa shape index (κ3) is 3.32. The van der Waals surface area contributed by atoms with Crippen LogP contribution >= 0.6 is 15.2 Å². The molecule has 2 aromatic carbocycles. The summed E-state index contributed by atoms with van der Waals surface area (Å²) in [6.45, 7) is 14.5. The van der Waals surface area contributed by atoms with E-state index in [-0.39, 0.29) is 24.6 Å². The van der Waals surface area contributed by atoms with Crippen LogP contribution in [0.5, 0.6) is 0 Å². The third-order valence-corrected chi connectivity index (χ3v) is 19.8. The van der Waals surface area contributed by atoms with Crippen LogP contribution in [0.1, 0.15) is 51.8 Å². The normalized spacial score (nSPS) is 25.4. The Kier molecular flexibility index (Phi) is 6.58. The predicted molar refractivity (Wildman–Crippen MR) is 119 cm³/mol. The minimum absolute atomic E-state index is 0. The van der Waals surface area contributed by atoms with Crippen LogP contribution in [0.25, 0.3) is 12.2 Å². The van der Waals surface area contributed by atoms with Gasteiger partial charge in [0.1, 0.15) is 0 Å². The fourth-order valence-electron chi connectivity index (χ4n) is 5.03. The van der Waals surface area contributed by atoms with E-state index in [1.165, 1.54) is 22.3 Å². The maximum Gasteiger partial charge on any atom is -1.00 e. The van der Waals surface area contributed by atoms with Gasteiger partial charge in [0.15, 0.2) is 0 Å². The van der Waals surface area contributed by atoms with E-state index < -0.39 is 23.2 Å². The topological polar surface area (TPSA) is 0 Å². The van der Waals surface area contributed by atoms with Gasteiger partial charge in [-0.2, -0.15) is 0 Å². The molecule has 0 radical (unpaired) electrons. The molecule has 0 nitrogen and oxygen atoms in total. The summed E-state index contributed by atoms with van der Waals surface area (Å²) in [5, 5.41) is 3.69. The van der Waals surface area contributed by atoms with Crippen LogP contribution < -0.4 is 9.41 Å². The van der Waals surface area contributed by atoms with Crippen LogP contribution in [-0.2, 0) is 23.2 Å². The number of halogens is 2. The summed E-state index contributed by atoms with van der Waals surface area (Å²) < 4.78 is 1.60. The molecule has 3 aliphatic rings. The Bertz CT molecular complexity index is 974. The molecule has 4 atom stereocenters. The van der Waals surface area contributed by atoms with Crippen molar-refractivity contribution in [2.45, 2.75) is 34.9 Å². The van der Waals surface area contributed by atoms with Crippen LogP contribution in [-0.4, -0.2) is 13.3 Å². The van der Waals surface area contributed by atoms with Gasteiger partial charge < -0.3 is 9.41 Å². The first kappa shape index (κ1) is 23.2. The number of fused-ring (bicyclic) bond motifs is 6. The van der Waals surface area contributed by atoms with E-state index in [4.69, 9.17) is 0 Å². The molecule has 0 N–H and O–H groups in total. The van der Waals surface area contributed by atoms with Crippen LogP contribution in [0.2, 0.25) is 0 Å². The van der Waals surface area contributed by atoms with Gasteiger partial charge >= 0.3 is 178 Å². The van der Waals surface area contributed by atoms with Gasteiger partial charge in [0.2, 0.25) is 0 Å². The van der Waals surface area contributed by atoms with Crippen molar-refractivity contribution in [3.8, 4) is 0 Å². The van der Waals surface area contributed by atoms with E-state index in [2.05, 4.69) is 77.4 Å². The van der Waals surface area contributed by atoms with Gasteiger partial charge in [0, 0.05) is 0 Å². The van der Waals surface area contributed by atoms with Crippen molar-refractivity contribution in [2.24, 2.45) is 0 Å². The van der Waals surface area contributed by atoms with Gasteiger partial charge in [0.25, 0.3) is 0 Å². The number of allylic oxidation sites excluding steroid dienone is 2. The summed E-state index contributed by atoms with van der Waals surface area (Å²) in [6.07, 6.45) is 5.28. The number of benzene rings is 2. The van der Waals surface area contributed by atoms with E-state index in [1.807, 2.05) is 10.6 Å². The first-order valence-corrected chi connectivity index (χ1v) is 16.9. The summed E-state index contributed by atoms with van der Waals surface area (Å²) >= 11 is -0.686. The Morgan fingerprint density at radius 1 is 0.621 bits per heavy atom. The Morgan fingerprint density at radius 3 is 1.34 bits per heavy atom. The molecule has 150 valence electrons. The minimum atomic E-state index is -0.686. The summed E-state index contributed by atoms with van der Waals surface area (Å²) in [4.78, 5) is 0. The van der Waals surface area contributed by atoms with Crippen molar-refractivity contribution in [1.82, 2.24) is 0 Å². The molecule has 4 unspecified atom stereocenters. The van der Waals surface area contributed by atoms with E-state index in [1.54, 1.807) is 22.3 Å². The molecule has 1 aliphatic heterocycles. The maximum atomic E-state index is 2.64. The molecule has 0 bridgehead atoms. The van der Waals surface area contributed by atoms with Crippen LogP contribution in [0.4, 0.5) is 0 Å². The van der Waals surface area contributed by atoms with E-state index in [0.29, 0.717) is 0 Å². The van der Waals surface area contributed by atoms with E-state index in [9.17, 15) is 0 Å². The van der Waals surface area contributed by atoms with Crippen molar-refractivity contribution < 1.29 is 32.6 Å². The van der Waals surface area contributed by atoms with Crippen LogP contribution in [0, 0.1) is 27.7 Å². The molecule has 5 heteroatoms. The zero-order valence-corrected chi connectivity index (χ0v) is 22.0. The summed E-state index contributed by atoms with van der Waals surface area (Å²) in [6, 6.07) is 9.41. The van der Waals surface area contributed by atoms with Crippen molar-refractivity contribution in [3.63, 3.8) is 0 Å². The Morgan fingerprint density at radius 2 is 0.966 bits per heavy atom. The Labute approximate surface area is 187 Å². The average Bonchev–Trinajstić information content (AvgIpc) is 3.19. The minimum Gasteiger partial charge on any atom is -1.00 e. The first-order valence-electron chi connectivity index (χ1n) is 9.75. The molecule has 2 aliphatic carbocycles. The second kappa shape index (κ2) is 8.22. The average molecular weight is 506 g/mol. The van der Waals surface area contributed by atoms with Crippen molar-refractivity contribution in [3.05, 3.63) is 79.4 Å². The summed E-state index contributed by atoms with van der Waals surface area (Å²) in [5.74, 6) is 0. The zero-order chi connectivity index (χ0) is 19.0. The van der Waals surface area contributed by atoms with Gasteiger partial charge in [-0.3, -0.25) is 0 Å².